The average Bonchev–Trinajstić information content (AvgIpc) is 3.17. The zero-order chi connectivity index (χ0) is 19.5. The molecular formula is C21H21FN4O2. The number of amides is 2. The van der Waals surface area contributed by atoms with E-state index in [1.165, 1.54) is 12.1 Å². The normalized spacial score (nSPS) is 13.1. The van der Waals surface area contributed by atoms with Gasteiger partial charge in [-0.1, -0.05) is 12.1 Å². The van der Waals surface area contributed by atoms with E-state index in [-0.39, 0.29) is 11.8 Å². The van der Waals surface area contributed by atoms with Gasteiger partial charge in [0.2, 0.25) is 0 Å². The summed E-state index contributed by atoms with van der Waals surface area (Å²) in [6.07, 6.45) is 3.36. The molecule has 0 saturated carbocycles. The molecular weight excluding hydrogens is 359 g/mol. The van der Waals surface area contributed by atoms with Crippen molar-refractivity contribution in [2.24, 2.45) is 0 Å². The number of halogens is 1. The number of aromatic nitrogens is 2. The van der Waals surface area contributed by atoms with Gasteiger partial charge in [0.05, 0.1) is 30.4 Å². The maximum Gasteiger partial charge on any atom is 0.322 e. The van der Waals surface area contributed by atoms with Crippen LogP contribution in [0.3, 0.4) is 0 Å². The molecule has 2 aromatic carbocycles. The fourth-order valence-electron chi connectivity index (χ4n) is 3.38. The molecule has 2 amide bonds. The molecule has 4 rings (SSSR count). The van der Waals surface area contributed by atoms with E-state index in [0.717, 1.165) is 41.2 Å². The predicted molar refractivity (Wildman–Crippen MR) is 104 cm³/mol. The predicted octanol–water partition coefficient (Wildman–Crippen LogP) is 3.68. The number of nitrogens with zero attached hydrogens (tertiary/aromatic N) is 3. The number of hydrogen-bond donors (Lipinski definition) is 1. The summed E-state index contributed by atoms with van der Waals surface area (Å²) in [6.45, 7) is 1.07. The van der Waals surface area contributed by atoms with Crippen LogP contribution in [0, 0.1) is 5.82 Å². The Hall–Kier alpha value is -3.35. The van der Waals surface area contributed by atoms with Gasteiger partial charge in [-0.25, -0.2) is 13.9 Å². The molecule has 6 nitrogen and oxygen atoms in total. The monoisotopic (exact) mass is 380 g/mol. The van der Waals surface area contributed by atoms with Gasteiger partial charge in [0.25, 0.3) is 0 Å². The van der Waals surface area contributed by atoms with Gasteiger partial charge in [-0.15, -0.1) is 0 Å². The standard InChI is InChI=1S/C21H21FN4O2/c1-28-18-10-4-15(5-11-18)13-23-21(27)25-12-2-3-19-20(25)14-24-26(19)17-8-6-16(22)7-9-17/h4-11,14H,2-3,12-13H2,1H3,(H,23,27). The molecule has 3 aromatic rings. The molecule has 1 aliphatic rings. The van der Waals surface area contributed by atoms with Crippen LogP contribution in [0.2, 0.25) is 0 Å². The van der Waals surface area contributed by atoms with Crippen molar-refractivity contribution in [3.63, 3.8) is 0 Å². The number of urea groups is 1. The van der Waals surface area contributed by atoms with E-state index in [4.69, 9.17) is 4.74 Å². The molecule has 0 radical (unpaired) electrons. The maximum atomic E-state index is 13.2. The number of benzene rings is 2. The number of nitrogens with one attached hydrogen (secondary N) is 1. The number of anilines is 1. The van der Waals surface area contributed by atoms with E-state index in [1.54, 1.807) is 35.0 Å². The lowest BCUT2D eigenvalue weighted by Gasteiger charge is -2.27. The van der Waals surface area contributed by atoms with Gasteiger partial charge >= 0.3 is 6.03 Å². The van der Waals surface area contributed by atoms with Crippen LogP contribution in [0.1, 0.15) is 17.7 Å². The Morgan fingerprint density at radius 2 is 1.93 bits per heavy atom. The van der Waals surface area contributed by atoms with Gasteiger partial charge in [0.15, 0.2) is 0 Å². The summed E-state index contributed by atoms with van der Waals surface area (Å²) < 4.78 is 20.1. The van der Waals surface area contributed by atoms with Crippen molar-refractivity contribution in [2.75, 3.05) is 18.6 Å². The highest BCUT2D eigenvalue weighted by Crippen LogP contribution is 2.29. The fourth-order valence-corrected chi connectivity index (χ4v) is 3.38. The van der Waals surface area contributed by atoms with Crippen molar-refractivity contribution in [3.8, 4) is 11.4 Å². The van der Waals surface area contributed by atoms with Gasteiger partial charge in [-0.3, -0.25) is 4.90 Å². The van der Waals surface area contributed by atoms with Crippen molar-refractivity contribution in [1.82, 2.24) is 15.1 Å². The topological polar surface area (TPSA) is 59.4 Å². The third-order valence-corrected chi connectivity index (χ3v) is 4.85. The van der Waals surface area contributed by atoms with E-state index >= 15 is 0 Å². The zero-order valence-electron chi connectivity index (χ0n) is 15.6. The fraction of sp³-hybridized carbons (Fsp3) is 0.238. The first-order chi connectivity index (χ1) is 13.7. The first-order valence-corrected chi connectivity index (χ1v) is 9.17. The van der Waals surface area contributed by atoms with Crippen LogP contribution in [-0.2, 0) is 13.0 Å². The zero-order valence-corrected chi connectivity index (χ0v) is 15.6. The lowest BCUT2D eigenvalue weighted by atomic mass is 10.1. The quantitative estimate of drug-likeness (QED) is 0.751. The minimum Gasteiger partial charge on any atom is -0.497 e. The van der Waals surface area contributed by atoms with Crippen LogP contribution >= 0.6 is 0 Å². The van der Waals surface area contributed by atoms with Gasteiger partial charge < -0.3 is 10.1 Å². The summed E-state index contributed by atoms with van der Waals surface area (Å²) in [4.78, 5) is 14.5. The largest absolute Gasteiger partial charge is 0.497 e. The lowest BCUT2D eigenvalue weighted by Crippen LogP contribution is -2.42. The summed E-state index contributed by atoms with van der Waals surface area (Å²) in [5, 5.41) is 7.39. The first kappa shape index (κ1) is 18.0. The summed E-state index contributed by atoms with van der Waals surface area (Å²) in [5.41, 5.74) is 3.52. The molecule has 0 bridgehead atoms. The molecule has 2 heterocycles. The Morgan fingerprint density at radius 3 is 2.64 bits per heavy atom. The molecule has 144 valence electrons. The Labute approximate surface area is 162 Å². The molecule has 0 spiro atoms. The Kier molecular flexibility index (Phi) is 4.97. The molecule has 0 atom stereocenters. The molecule has 0 aliphatic carbocycles. The van der Waals surface area contributed by atoms with Crippen molar-refractivity contribution in [1.29, 1.82) is 0 Å². The third kappa shape index (κ3) is 3.55. The molecule has 0 unspecified atom stereocenters. The minimum absolute atomic E-state index is 0.157. The summed E-state index contributed by atoms with van der Waals surface area (Å²) in [7, 11) is 1.62. The molecule has 0 fully saturated rings. The van der Waals surface area contributed by atoms with E-state index in [9.17, 15) is 9.18 Å². The van der Waals surface area contributed by atoms with Crippen molar-refractivity contribution in [3.05, 3.63) is 71.8 Å². The van der Waals surface area contributed by atoms with Gasteiger partial charge in [0.1, 0.15) is 11.6 Å². The molecule has 7 heteroatoms. The lowest BCUT2D eigenvalue weighted by molar-refractivity contribution is 0.245. The van der Waals surface area contributed by atoms with Crippen LogP contribution < -0.4 is 15.0 Å². The van der Waals surface area contributed by atoms with Crippen LogP contribution in [-0.4, -0.2) is 29.5 Å². The molecule has 1 aliphatic heterocycles. The summed E-state index contributed by atoms with van der Waals surface area (Å²) in [6, 6.07) is 13.6. The van der Waals surface area contributed by atoms with Crippen molar-refractivity contribution < 1.29 is 13.9 Å². The van der Waals surface area contributed by atoms with Crippen LogP contribution in [0.25, 0.3) is 5.69 Å². The highest BCUT2D eigenvalue weighted by molar-refractivity contribution is 5.93. The molecule has 0 saturated heterocycles. The highest BCUT2D eigenvalue weighted by Gasteiger charge is 2.26. The van der Waals surface area contributed by atoms with Gasteiger partial charge in [-0.2, -0.15) is 5.10 Å². The van der Waals surface area contributed by atoms with E-state index < -0.39 is 0 Å². The highest BCUT2D eigenvalue weighted by atomic mass is 19.1. The average molecular weight is 380 g/mol. The van der Waals surface area contributed by atoms with Crippen molar-refractivity contribution >= 4 is 11.7 Å². The van der Waals surface area contributed by atoms with E-state index in [0.29, 0.717) is 13.1 Å². The number of methoxy groups -OCH3 is 1. The molecule has 1 aromatic heterocycles. The second kappa shape index (κ2) is 7.72. The van der Waals surface area contributed by atoms with E-state index in [2.05, 4.69) is 10.4 Å². The Balaban J connectivity index is 1.49. The summed E-state index contributed by atoms with van der Waals surface area (Å²) >= 11 is 0. The van der Waals surface area contributed by atoms with Gasteiger partial charge in [-0.05, 0) is 54.8 Å². The number of carbonyl (C=O) groups is 1. The number of rotatable bonds is 4. The van der Waals surface area contributed by atoms with E-state index in [1.807, 2.05) is 24.3 Å². The van der Waals surface area contributed by atoms with Crippen LogP contribution in [0.5, 0.6) is 5.75 Å². The smallest absolute Gasteiger partial charge is 0.322 e. The first-order valence-electron chi connectivity index (χ1n) is 9.17. The number of ether oxygens (including phenoxy) is 1. The molecule has 1 N–H and O–H groups in total. The second-order valence-electron chi connectivity index (χ2n) is 6.63. The van der Waals surface area contributed by atoms with Crippen LogP contribution in [0.4, 0.5) is 14.9 Å². The third-order valence-electron chi connectivity index (χ3n) is 4.85. The minimum atomic E-state index is -0.288. The number of fused-ring (bicyclic) bond motifs is 1. The SMILES string of the molecule is COc1ccc(CNC(=O)N2CCCc3c2cnn3-c2ccc(F)cc2)cc1. The van der Waals surface area contributed by atoms with Crippen LogP contribution in [0.15, 0.2) is 54.7 Å². The number of hydrogen-bond acceptors (Lipinski definition) is 3. The van der Waals surface area contributed by atoms with Crippen molar-refractivity contribution in [2.45, 2.75) is 19.4 Å². The number of carbonyl (C=O) groups excluding carboxylic acids is 1. The second-order valence-corrected chi connectivity index (χ2v) is 6.63. The Morgan fingerprint density at radius 1 is 1.18 bits per heavy atom. The molecule has 28 heavy (non-hydrogen) atoms. The Bertz CT molecular complexity index is 967. The van der Waals surface area contributed by atoms with Gasteiger partial charge in [0, 0.05) is 13.1 Å². The maximum absolute atomic E-state index is 13.2. The summed E-state index contributed by atoms with van der Waals surface area (Å²) in [5.74, 6) is 0.494.